The summed E-state index contributed by atoms with van der Waals surface area (Å²) in [4.78, 5) is 12.4. The van der Waals surface area contributed by atoms with Crippen LogP contribution >= 0.6 is 11.6 Å². The molecular weight excluding hydrogens is 366 g/mol. The van der Waals surface area contributed by atoms with Crippen LogP contribution in [0.25, 0.3) is 0 Å². The van der Waals surface area contributed by atoms with Gasteiger partial charge < -0.3 is 20.1 Å². The molecule has 0 radical (unpaired) electrons. The zero-order valence-electron chi connectivity index (χ0n) is 14.4. The number of ether oxygens (including phenoxy) is 1. The van der Waals surface area contributed by atoms with Crippen molar-refractivity contribution in [2.75, 3.05) is 6.61 Å². The number of rotatable bonds is 6. The van der Waals surface area contributed by atoms with Gasteiger partial charge >= 0.3 is 7.12 Å². The average molecular weight is 385 g/mol. The summed E-state index contributed by atoms with van der Waals surface area (Å²) in [5.41, 5.74) is 1.89. The maximum atomic E-state index is 12.4. The first-order valence-corrected chi connectivity index (χ1v) is 8.92. The summed E-state index contributed by atoms with van der Waals surface area (Å²) in [6.45, 7) is 0.357. The molecule has 1 aliphatic heterocycles. The Bertz CT molecular complexity index is 884. The molecule has 27 heavy (non-hydrogen) atoms. The topological polar surface area (TPSA) is 103 Å². The SMILES string of the molecule is N#Cc1ccccc1CC(=O)N[C@@H](C[C@@H]1COc2c(Cl)cccc21)B(O)O. The van der Waals surface area contributed by atoms with Gasteiger partial charge in [-0.05, 0) is 24.1 Å². The van der Waals surface area contributed by atoms with Gasteiger partial charge in [0.1, 0.15) is 5.75 Å². The second-order valence-corrected chi connectivity index (χ2v) is 6.84. The molecule has 2 aromatic rings. The maximum absolute atomic E-state index is 12.4. The predicted octanol–water partition coefficient (Wildman–Crippen LogP) is 1.82. The smallest absolute Gasteiger partial charge is 0.475 e. The Hall–Kier alpha value is -2.53. The molecule has 2 aromatic carbocycles. The van der Waals surface area contributed by atoms with E-state index in [2.05, 4.69) is 5.32 Å². The van der Waals surface area contributed by atoms with Gasteiger partial charge in [-0.1, -0.05) is 41.9 Å². The molecule has 0 aliphatic carbocycles. The van der Waals surface area contributed by atoms with Gasteiger partial charge in [0, 0.05) is 11.5 Å². The molecule has 2 atom stereocenters. The number of nitrogens with zero attached hydrogens (tertiary/aromatic N) is 1. The van der Waals surface area contributed by atoms with E-state index in [0.717, 1.165) is 5.56 Å². The number of fused-ring (bicyclic) bond motifs is 1. The molecule has 0 spiro atoms. The standard InChI is InChI=1S/C19H18BClN2O4/c21-16-7-3-6-15-14(11-27-19(15)16)8-17(20(25)26)23-18(24)9-12-4-1-2-5-13(12)10-22/h1-7,14,17,25-26H,8-9,11H2,(H,23,24)/t14-,17+/m1/s1. The van der Waals surface area contributed by atoms with Gasteiger partial charge in [0.15, 0.2) is 0 Å². The van der Waals surface area contributed by atoms with Crippen molar-refractivity contribution >= 4 is 24.6 Å². The molecule has 0 bridgehead atoms. The van der Waals surface area contributed by atoms with E-state index in [-0.39, 0.29) is 24.7 Å². The van der Waals surface area contributed by atoms with Crippen molar-refractivity contribution in [2.24, 2.45) is 0 Å². The van der Waals surface area contributed by atoms with Crippen LogP contribution in [-0.4, -0.2) is 35.6 Å². The zero-order chi connectivity index (χ0) is 19.4. The van der Waals surface area contributed by atoms with Crippen molar-refractivity contribution in [1.29, 1.82) is 5.26 Å². The normalized spacial score (nSPS) is 16.0. The molecule has 0 aromatic heterocycles. The Morgan fingerprint density at radius 3 is 2.85 bits per heavy atom. The average Bonchev–Trinajstić information content (AvgIpc) is 3.06. The quantitative estimate of drug-likeness (QED) is 0.659. The first-order chi connectivity index (χ1) is 13.0. The lowest BCUT2D eigenvalue weighted by molar-refractivity contribution is -0.120. The third kappa shape index (κ3) is 4.42. The number of hydrogen-bond acceptors (Lipinski definition) is 5. The molecular formula is C19H18BClN2O4. The van der Waals surface area contributed by atoms with Gasteiger partial charge in [-0.15, -0.1) is 0 Å². The summed E-state index contributed by atoms with van der Waals surface area (Å²) in [7, 11) is -1.72. The van der Waals surface area contributed by atoms with Crippen LogP contribution in [0.5, 0.6) is 5.75 Å². The largest absolute Gasteiger partial charge is 0.491 e. The zero-order valence-corrected chi connectivity index (χ0v) is 15.2. The first kappa shape index (κ1) is 19.2. The Kier molecular flexibility index (Phi) is 6.02. The highest BCUT2D eigenvalue weighted by molar-refractivity contribution is 6.43. The number of halogens is 1. The molecule has 1 aliphatic rings. The monoisotopic (exact) mass is 384 g/mol. The molecule has 3 N–H and O–H groups in total. The van der Waals surface area contributed by atoms with E-state index in [1.54, 1.807) is 30.3 Å². The second-order valence-electron chi connectivity index (χ2n) is 6.44. The number of carbonyl (C=O) groups is 1. The Balaban J connectivity index is 1.68. The van der Waals surface area contributed by atoms with Gasteiger partial charge in [0.25, 0.3) is 0 Å². The van der Waals surface area contributed by atoms with E-state index in [0.29, 0.717) is 28.5 Å². The molecule has 138 valence electrons. The lowest BCUT2D eigenvalue weighted by Crippen LogP contribution is -2.48. The summed E-state index contributed by atoms with van der Waals surface area (Å²) in [5.74, 6) is -0.770. The molecule has 1 heterocycles. The van der Waals surface area contributed by atoms with E-state index < -0.39 is 13.1 Å². The van der Waals surface area contributed by atoms with E-state index >= 15 is 0 Å². The van der Waals surface area contributed by atoms with Crippen molar-refractivity contribution in [3.05, 3.63) is 64.2 Å². The minimum atomic E-state index is -1.72. The number of benzene rings is 2. The van der Waals surface area contributed by atoms with Crippen molar-refractivity contribution in [2.45, 2.75) is 24.7 Å². The van der Waals surface area contributed by atoms with Crippen LogP contribution in [-0.2, 0) is 11.2 Å². The number of nitrogens with one attached hydrogen (secondary N) is 1. The van der Waals surface area contributed by atoms with Crippen LogP contribution in [0.15, 0.2) is 42.5 Å². The summed E-state index contributed by atoms with van der Waals surface area (Å²) in [6, 6.07) is 14.3. The lowest BCUT2D eigenvalue weighted by Gasteiger charge is -2.21. The van der Waals surface area contributed by atoms with Gasteiger partial charge in [-0.25, -0.2) is 0 Å². The number of amides is 1. The Morgan fingerprint density at radius 1 is 1.33 bits per heavy atom. The fraction of sp³-hybridized carbons (Fsp3) is 0.263. The number of carbonyl (C=O) groups excluding carboxylic acids is 1. The number of hydrogen-bond donors (Lipinski definition) is 3. The van der Waals surface area contributed by atoms with Crippen LogP contribution in [0.4, 0.5) is 0 Å². The highest BCUT2D eigenvalue weighted by Gasteiger charge is 2.33. The third-order valence-corrected chi connectivity index (χ3v) is 4.90. The molecule has 1 amide bonds. The van der Waals surface area contributed by atoms with Crippen molar-refractivity contribution in [3.8, 4) is 11.8 Å². The Labute approximate surface area is 162 Å². The van der Waals surface area contributed by atoms with E-state index in [4.69, 9.17) is 21.6 Å². The molecule has 8 heteroatoms. The molecule has 0 saturated carbocycles. The molecule has 0 unspecified atom stereocenters. The van der Waals surface area contributed by atoms with Crippen molar-refractivity contribution < 1.29 is 19.6 Å². The van der Waals surface area contributed by atoms with E-state index in [1.807, 2.05) is 18.2 Å². The van der Waals surface area contributed by atoms with E-state index in [9.17, 15) is 14.8 Å². The minimum absolute atomic E-state index is 0.0173. The predicted molar refractivity (Wildman–Crippen MR) is 101 cm³/mol. The lowest BCUT2D eigenvalue weighted by atomic mass is 9.73. The van der Waals surface area contributed by atoms with Crippen LogP contribution in [0.2, 0.25) is 5.02 Å². The minimum Gasteiger partial charge on any atom is -0.491 e. The van der Waals surface area contributed by atoms with Crippen LogP contribution in [0, 0.1) is 11.3 Å². The summed E-state index contributed by atoms with van der Waals surface area (Å²) < 4.78 is 5.61. The number of para-hydroxylation sites is 1. The molecule has 0 saturated heterocycles. The number of nitriles is 1. The first-order valence-electron chi connectivity index (χ1n) is 8.54. The van der Waals surface area contributed by atoms with Crippen LogP contribution < -0.4 is 10.1 Å². The van der Waals surface area contributed by atoms with Crippen molar-refractivity contribution in [1.82, 2.24) is 5.32 Å². The summed E-state index contributed by atoms with van der Waals surface area (Å²) in [5, 5.41) is 31.7. The fourth-order valence-corrected chi connectivity index (χ4v) is 3.48. The van der Waals surface area contributed by atoms with Crippen LogP contribution in [0.1, 0.15) is 29.0 Å². The molecule has 6 nitrogen and oxygen atoms in total. The highest BCUT2D eigenvalue weighted by atomic mass is 35.5. The highest BCUT2D eigenvalue weighted by Crippen LogP contribution is 2.41. The van der Waals surface area contributed by atoms with E-state index in [1.165, 1.54) is 0 Å². The molecule has 3 rings (SSSR count). The van der Waals surface area contributed by atoms with Crippen molar-refractivity contribution in [3.63, 3.8) is 0 Å². The third-order valence-electron chi connectivity index (χ3n) is 4.60. The van der Waals surface area contributed by atoms with Gasteiger partial charge in [-0.3, -0.25) is 4.79 Å². The summed E-state index contributed by atoms with van der Waals surface area (Å²) >= 11 is 6.12. The Morgan fingerprint density at radius 2 is 2.11 bits per heavy atom. The fourth-order valence-electron chi connectivity index (χ4n) is 3.24. The van der Waals surface area contributed by atoms with Crippen LogP contribution in [0.3, 0.4) is 0 Å². The van der Waals surface area contributed by atoms with Gasteiger partial charge in [0.05, 0.1) is 35.6 Å². The summed E-state index contributed by atoms with van der Waals surface area (Å²) in [6.07, 6.45) is 0.271. The molecule has 0 fully saturated rings. The maximum Gasteiger partial charge on any atom is 0.475 e. The second kappa shape index (κ2) is 8.44. The van der Waals surface area contributed by atoms with Gasteiger partial charge in [0.2, 0.25) is 5.91 Å². The van der Waals surface area contributed by atoms with Gasteiger partial charge in [-0.2, -0.15) is 5.26 Å².